The van der Waals surface area contributed by atoms with Crippen LogP contribution >= 0.6 is 15.9 Å². The lowest BCUT2D eigenvalue weighted by Crippen LogP contribution is -2.57. The molecule has 5 heteroatoms. The Labute approximate surface area is 114 Å². The summed E-state index contributed by atoms with van der Waals surface area (Å²) in [5, 5.41) is 2.59. The van der Waals surface area contributed by atoms with E-state index in [4.69, 9.17) is 0 Å². The van der Waals surface area contributed by atoms with Crippen LogP contribution in [0.3, 0.4) is 0 Å². The number of piperazine rings is 1. The number of carbonyl (C=O) groups is 2. The van der Waals surface area contributed by atoms with Crippen LogP contribution in [0.4, 0.5) is 5.69 Å². The van der Waals surface area contributed by atoms with Crippen molar-refractivity contribution >= 4 is 33.4 Å². The van der Waals surface area contributed by atoms with E-state index in [1.807, 2.05) is 25.1 Å². The molecule has 1 fully saturated rings. The molecule has 0 aromatic heterocycles. The van der Waals surface area contributed by atoms with Gasteiger partial charge >= 0.3 is 0 Å². The second-order valence-corrected chi connectivity index (χ2v) is 5.20. The first kappa shape index (κ1) is 13.1. The van der Waals surface area contributed by atoms with Gasteiger partial charge in [-0.15, -0.1) is 0 Å². The molecule has 1 aromatic carbocycles. The quantitative estimate of drug-likeness (QED) is 0.906. The van der Waals surface area contributed by atoms with Gasteiger partial charge in [0.1, 0.15) is 6.04 Å². The Hall–Kier alpha value is -1.36. The van der Waals surface area contributed by atoms with Gasteiger partial charge in [-0.05, 0) is 37.1 Å². The smallest absolute Gasteiger partial charge is 0.247 e. The van der Waals surface area contributed by atoms with Crippen molar-refractivity contribution in [2.45, 2.75) is 26.3 Å². The van der Waals surface area contributed by atoms with Crippen molar-refractivity contribution in [3.8, 4) is 0 Å². The van der Waals surface area contributed by atoms with E-state index in [0.29, 0.717) is 0 Å². The fourth-order valence-electron chi connectivity index (χ4n) is 2.14. The third-order valence-corrected chi connectivity index (χ3v) is 3.62. The van der Waals surface area contributed by atoms with Crippen molar-refractivity contribution in [1.29, 1.82) is 0 Å². The van der Waals surface area contributed by atoms with Crippen molar-refractivity contribution in [2.75, 3.05) is 11.4 Å². The summed E-state index contributed by atoms with van der Waals surface area (Å²) >= 11 is 3.42. The number of rotatable bonds is 2. The molecule has 1 aliphatic heterocycles. The van der Waals surface area contributed by atoms with Gasteiger partial charge in [0, 0.05) is 10.2 Å². The van der Waals surface area contributed by atoms with Crippen LogP contribution in [-0.2, 0) is 16.0 Å². The van der Waals surface area contributed by atoms with Gasteiger partial charge < -0.3 is 5.32 Å². The Kier molecular flexibility index (Phi) is 3.71. The van der Waals surface area contributed by atoms with Crippen LogP contribution in [0.1, 0.15) is 19.4 Å². The molecule has 18 heavy (non-hydrogen) atoms. The lowest BCUT2D eigenvalue weighted by Gasteiger charge is -2.34. The van der Waals surface area contributed by atoms with Crippen LogP contribution in [0.2, 0.25) is 0 Å². The molecule has 0 spiro atoms. The molecule has 0 saturated carbocycles. The maximum atomic E-state index is 12.0. The standard InChI is InChI=1S/C13H15BrN2O2/c1-3-9-6-10(14)4-5-11(9)16-8(2)13(18)15-7-12(16)17/h4-6,8H,3,7H2,1-2H3,(H,15,18). The van der Waals surface area contributed by atoms with Gasteiger partial charge in [-0.3, -0.25) is 14.5 Å². The fraction of sp³-hybridized carbons (Fsp3) is 0.385. The number of hydrogen-bond acceptors (Lipinski definition) is 2. The minimum atomic E-state index is -0.460. The summed E-state index contributed by atoms with van der Waals surface area (Å²) in [7, 11) is 0. The van der Waals surface area contributed by atoms with Crippen molar-refractivity contribution < 1.29 is 9.59 Å². The van der Waals surface area contributed by atoms with E-state index in [0.717, 1.165) is 22.1 Å². The summed E-state index contributed by atoms with van der Waals surface area (Å²) in [4.78, 5) is 25.3. The van der Waals surface area contributed by atoms with Gasteiger partial charge in [0.2, 0.25) is 11.8 Å². The van der Waals surface area contributed by atoms with Gasteiger partial charge in [0.05, 0.1) is 6.54 Å². The molecule has 4 nitrogen and oxygen atoms in total. The van der Waals surface area contributed by atoms with E-state index in [9.17, 15) is 9.59 Å². The van der Waals surface area contributed by atoms with E-state index in [1.165, 1.54) is 0 Å². The summed E-state index contributed by atoms with van der Waals surface area (Å²) in [5.41, 5.74) is 1.88. The first-order valence-electron chi connectivity index (χ1n) is 5.92. The number of carbonyl (C=O) groups excluding carboxylic acids is 2. The van der Waals surface area contributed by atoms with Crippen molar-refractivity contribution in [3.63, 3.8) is 0 Å². The molecule has 1 aliphatic rings. The summed E-state index contributed by atoms with van der Waals surface area (Å²) in [6.07, 6.45) is 0.812. The third kappa shape index (κ3) is 2.27. The molecule has 0 bridgehead atoms. The molecule has 1 aromatic rings. The second kappa shape index (κ2) is 5.10. The molecule has 1 unspecified atom stereocenters. The largest absolute Gasteiger partial charge is 0.345 e. The van der Waals surface area contributed by atoms with Gasteiger partial charge in [-0.1, -0.05) is 22.9 Å². The first-order valence-corrected chi connectivity index (χ1v) is 6.72. The lowest BCUT2D eigenvalue weighted by molar-refractivity contribution is -0.130. The second-order valence-electron chi connectivity index (χ2n) is 4.28. The molecule has 2 amide bonds. The number of amides is 2. The van der Waals surface area contributed by atoms with E-state index in [-0.39, 0.29) is 18.4 Å². The van der Waals surface area contributed by atoms with Crippen LogP contribution in [0.25, 0.3) is 0 Å². The van der Waals surface area contributed by atoms with Gasteiger partial charge in [-0.2, -0.15) is 0 Å². The summed E-state index contributed by atoms with van der Waals surface area (Å²) in [6, 6.07) is 5.30. The van der Waals surface area contributed by atoms with Gasteiger partial charge in [0.15, 0.2) is 0 Å². The zero-order valence-corrected chi connectivity index (χ0v) is 12.0. The lowest BCUT2D eigenvalue weighted by atomic mass is 10.1. The Morgan fingerprint density at radius 3 is 2.83 bits per heavy atom. The maximum Gasteiger partial charge on any atom is 0.247 e. The number of benzene rings is 1. The van der Waals surface area contributed by atoms with E-state index in [2.05, 4.69) is 21.2 Å². The Morgan fingerprint density at radius 2 is 2.17 bits per heavy atom. The minimum Gasteiger partial charge on any atom is -0.345 e. The summed E-state index contributed by atoms with van der Waals surface area (Å²) in [6.45, 7) is 3.85. The highest BCUT2D eigenvalue weighted by Crippen LogP contribution is 2.27. The van der Waals surface area contributed by atoms with Crippen LogP contribution in [0, 0.1) is 0 Å². The van der Waals surface area contributed by atoms with Crippen LogP contribution < -0.4 is 10.2 Å². The predicted octanol–water partition coefficient (Wildman–Crippen LogP) is 1.86. The third-order valence-electron chi connectivity index (χ3n) is 3.13. The molecule has 1 atom stereocenters. The molecule has 1 N–H and O–H groups in total. The SMILES string of the molecule is CCc1cc(Br)ccc1N1C(=O)CNC(=O)C1C. The number of nitrogens with one attached hydrogen (secondary N) is 1. The van der Waals surface area contributed by atoms with Crippen LogP contribution in [0.15, 0.2) is 22.7 Å². The van der Waals surface area contributed by atoms with Gasteiger partial charge in [-0.25, -0.2) is 0 Å². The monoisotopic (exact) mass is 310 g/mol. The molecule has 0 radical (unpaired) electrons. The molecule has 1 saturated heterocycles. The Morgan fingerprint density at radius 1 is 1.44 bits per heavy atom. The van der Waals surface area contributed by atoms with Gasteiger partial charge in [0.25, 0.3) is 0 Å². The summed E-state index contributed by atoms with van der Waals surface area (Å²) in [5.74, 6) is -0.182. The van der Waals surface area contributed by atoms with E-state index < -0.39 is 6.04 Å². The maximum absolute atomic E-state index is 12.0. The van der Waals surface area contributed by atoms with Crippen molar-refractivity contribution in [1.82, 2.24) is 5.32 Å². The highest BCUT2D eigenvalue weighted by atomic mass is 79.9. The predicted molar refractivity (Wildman–Crippen MR) is 73.5 cm³/mol. The molecule has 96 valence electrons. The normalized spacial score (nSPS) is 19.9. The fourth-order valence-corrected chi connectivity index (χ4v) is 2.55. The van der Waals surface area contributed by atoms with Crippen molar-refractivity contribution in [2.24, 2.45) is 0 Å². The molecule has 2 rings (SSSR count). The van der Waals surface area contributed by atoms with E-state index >= 15 is 0 Å². The van der Waals surface area contributed by atoms with Crippen LogP contribution in [-0.4, -0.2) is 24.4 Å². The number of anilines is 1. The zero-order valence-electron chi connectivity index (χ0n) is 10.4. The minimum absolute atomic E-state index is 0.0703. The number of nitrogens with zero attached hydrogens (tertiary/aromatic N) is 1. The molecular weight excluding hydrogens is 296 g/mol. The summed E-state index contributed by atoms with van der Waals surface area (Å²) < 4.78 is 0.977. The average Bonchev–Trinajstić information content (AvgIpc) is 2.36. The molecule has 0 aliphatic carbocycles. The highest BCUT2D eigenvalue weighted by Gasteiger charge is 2.32. The Bertz CT molecular complexity index is 502. The number of hydrogen-bond donors (Lipinski definition) is 1. The van der Waals surface area contributed by atoms with Crippen molar-refractivity contribution in [3.05, 3.63) is 28.2 Å². The van der Waals surface area contributed by atoms with E-state index in [1.54, 1.807) is 11.8 Å². The average molecular weight is 311 g/mol. The highest BCUT2D eigenvalue weighted by molar-refractivity contribution is 9.10. The topological polar surface area (TPSA) is 49.4 Å². The first-order chi connectivity index (χ1) is 8.54. The molecular formula is C13H15BrN2O2. The molecule has 1 heterocycles. The Balaban J connectivity index is 2.45. The number of halogens is 1. The van der Waals surface area contributed by atoms with Crippen LogP contribution in [0.5, 0.6) is 0 Å². The zero-order chi connectivity index (χ0) is 13.3. The number of aryl methyl sites for hydroxylation is 1.